The molecule has 0 radical (unpaired) electrons. The van der Waals surface area contributed by atoms with Gasteiger partial charge < -0.3 is 11.1 Å². The van der Waals surface area contributed by atoms with E-state index in [2.05, 4.69) is 5.32 Å². The summed E-state index contributed by atoms with van der Waals surface area (Å²) in [5.74, 6) is -1.38. The molecule has 0 unspecified atom stereocenters. The molecular weight excluding hydrogens is 246 g/mol. The van der Waals surface area contributed by atoms with E-state index in [9.17, 15) is 8.78 Å². The van der Waals surface area contributed by atoms with Gasteiger partial charge in [0.2, 0.25) is 0 Å². The Hall–Kier alpha value is -1.81. The summed E-state index contributed by atoms with van der Waals surface area (Å²) < 4.78 is 26.8. The summed E-state index contributed by atoms with van der Waals surface area (Å²) >= 11 is 5.81. The number of anilines is 3. The van der Waals surface area contributed by atoms with Crippen LogP contribution in [0.25, 0.3) is 0 Å². The zero-order valence-electron chi connectivity index (χ0n) is 8.68. The molecule has 0 heterocycles. The van der Waals surface area contributed by atoms with Gasteiger partial charge in [-0.3, -0.25) is 0 Å². The monoisotopic (exact) mass is 254 g/mol. The van der Waals surface area contributed by atoms with Gasteiger partial charge in [-0.15, -0.1) is 0 Å². The summed E-state index contributed by atoms with van der Waals surface area (Å²) in [6.45, 7) is 0. The van der Waals surface area contributed by atoms with Crippen LogP contribution in [0, 0.1) is 11.6 Å². The zero-order valence-corrected chi connectivity index (χ0v) is 9.43. The zero-order chi connectivity index (χ0) is 12.4. The third-order valence-corrected chi connectivity index (χ3v) is 2.60. The van der Waals surface area contributed by atoms with Crippen molar-refractivity contribution < 1.29 is 8.78 Å². The Labute approximate surface area is 102 Å². The molecule has 88 valence electrons. The predicted molar refractivity (Wildman–Crippen MR) is 65.5 cm³/mol. The van der Waals surface area contributed by atoms with Crippen LogP contribution in [0.15, 0.2) is 36.4 Å². The molecule has 0 aliphatic carbocycles. The number of nitrogens with one attached hydrogen (secondary N) is 1. The number of nitrogens with two attached hydrogens (primary N) is 1. The molecule has 0 spiro atoms. The van der Waals surface area contributed by atoms with Crippen LogP contribution >= 0.6 is 11.6 Å². The van der Waals surface area contributed by atoms with Gasteiger partial charge in [-0.2, -0.15) is 0 Å². The Morgan fingerprint density at radius 1 is 1.00 bits per heavy atom. The van der Waals surface area contributed by atoms with Crippen molar-refractivity contribution in [2.24, 2.45) is 0 Å². The second-order valence-electron chi connectivity index (χ2n) is 3.42. The summed E-state index contributed by atoms with van der Waals surface area (Å²) in [6.07, 6.45) is 0. The maximum Gasteiger partial charge on any atom is 0.149 e. The molecule has 0 atom stereocenters. The molecule has 2 nitrogen and oxygen atoms in total. The SMILES string of the molecule is Nc1c(Cl)cccc1Nc1c(F)cccc1F. The minimum Gasteiger partial charge on any atom is -0.396 e. The van der Waals surface area contributed by atoms with Crippen molar-refractivity contribution in [1.82, 2.24) is 0 Å². The number of hydrogen-bond donors (Lipinski definition) is 2. The van der Waals surface area contributed by atoms with Crippen molar-refractivity contribution in [3.8, 4) is 0 Å². The first kappa shape index (κ1) is 11.7. The van der Waals surface area contributed by atoms with Crippen LogP contribution in [-0.4, -0.2) is 0 Å². The van der Waals surface area contributed by atoms with Gasteiger partial charge in [-0.1, -0.05) is 23.7 Å². The van der Waals surface area contributed by atoms with Gasteiger partial charge in [0.25, 0.3) is 0 Å². The van der Waals surface area contributed by atoms with Crippen LogP contribution in [0.5, 0.6) is 0 Å². The number of para-hydroxylation sites is 2. The van der Waals surface area contributed by atoms with E-state index in [0.29, 0.717) is 10.7 Å². The van der Waals surface area contributed by atoms with Crippen molar-refractivity contribution in [3.63, 3.8) is 0 Å². The molecule has 0 aliphatic heterocycles. The van der Waals surface area contributed by atoms with Crippen molar-refractivity contribution in [2.75, 3.05) is 11.1 Å². The van der Waals surface area contributed by atoms with E-state index in [1.165, 1.54) is 6.07 Å². The lowest BCUT2D eigenvalue weighted by atomic mass is 10.2. The molecule has 0 saturated heterocycles. The number of rotatable bonds is 2. The molecule has 2 aromatic carbocycles. The van der Waals surface area contributed by atoms with Crippen molar-refractivity contribution >= 4 is 28.7 Å². The summed E-state index contributed by atoms with van der Waals surface area (Å²) in [5, 5.41) is 2.92. The average molecular weight is 255 g/mol. The predicted octanol–water partition coefficient (Wildman–Crippen LogP) is 3.94. The summed E-state index contributed by atoms with van der Waals surface area (Å²) in [4.78, 5) is 0. The first-order valence-corrected chi connectivity index (χ1v) is 5.22. The number of halogens is 3. The fraction of sp³-hybridized carbons (Fsp3) is 0. The lowest BCUT2D eigenvalue weighted by Crippen LogP contribution is -2.00. The Morgan fingerprint density at radius 2 is 1.59 bits per heavy atom. The summed E-state index contributed by atoms with van der Waals surface area (Å²) in [7, 11) is 0. The van der Waals surface area contributed by atoms with Crippen molar-refractivity contribution in [2.45, 2.75) is 0 Å². The van der Waals surface area contributed by atoms with Crippen LogP contribution in [0.3, 0.4) is 0 Å². The Morgan fingerprint density at radius 3 is 2.24 bits per heavy atom. The second kappa shape index (κ2) is 4.59. The molecule has 0 saturated carbocycles. The second-order valence-corrected chi connectivity index (χ2v) is 3.83. The minimum atomic E-state index is -0.690. The van der Waals surface area contributed by atoms with Gasteiger partial charge in [0.15, 0.2) is 0 Å². The van der Waals surface area contributed by atoms with E-state index in [1.54, 1.807) is 18.2 Å². The average Bonchev–Trinajstić information content (AvgIpc) is 2.29. The van der Waals surface area contributed by atoms with E-state index >= 15 is 0 Å². The van der Waals surface area contributed by atoms with Crippen LogP contribution in [0.1, 0.15) is 0 Å². The van der Waals surface area contributed by atoms with Crippen LogP contribution in [-0.2, 0) is 0 Å². The van der Waals surface area contributed by atoms with Crippen LogP contribution < -0.4 is 11.1 Å². The van der Waals surface area contributed by atoms with E-state index in [0.717, 1.165) is 12.1 Å². The quantitative estimate of drug-likeness (QED) is 0.797. The standard InChI is InChI=1S/C12H9ClF2N2/c13-7-3-1-6-10(11(7)16)17-12-8(14)4-2-5-9(12)15/h1-6,17H,16H2. The highest BCUT2D eigenvalue weighted by atomic mass is 35.5. The molecular formula is C12H9ClF2N2. The molecule has 5 heteroatoms. The van der Waals surface area contributed by atoms with Gasteiger partial charge in [0.1, 0.15) is 17.3 Å². The van der Waals surface area contributed by atoms with Crippen LogP contribution in [0.2, 0.25) is 5.02 Å². The highest BCUT2D eigenvalue weighted by molar-refractivity contribution is 6.33. The molecule has 17 heavy (non-hydrogen) atoms. The molecule has 2 rings (SSSR count). The van der Waals surface area contributed by atoms with E-state index < -0.39 is 11.6 Å². The third kappa shape index (κ3) is 2.31. The first-order chi connectivity index (χ1) is 8.09. The van der Waals surface area contributed by atoms with Gasteiger partial charge in [0.05, 0.1) is 16.4 Å². The Kier molecular flexibility index (Phi) is 3.15. The van der Waals surface area contributed by atoms with E-state index in [1.807, 2.05) is 0 Å². The van der Waals surface area contributed by atoms with E-state index in [4.69, 9.17) is 17.3 Å². The van der Waals surface area contributed by atoms with Gasteiger partial charge >= 0.3 is 0 Å². The van der Waals surface area contributed by atoms with Crippen molar-refractivity contribution in [1.29, 1.82) is 0 Å². The smallest absolute Gasteiger partial charge is 0.149 e. The highest BCUT2D eigenvalue weighted by Gasteiger charge is 2.10. The molecule has 0 aromatic heterocycles. The molecule has 0 amide bonds. The summed E-state index contributed by atoms with van der Waals surface area (Å²) in [5.41, 5.74) is 6.05. The lowest BCUT2D eigenvalue weighted by Gasteiger charge is -2.11. The van der Waals surface area contributed by atoms with Crippen LogP contribution in [0.4, 0.5) is 25.8 Å². The fourth-order valence-corrected chi connectivity index (χ4v) is 1.57. The maximum absolute atomic E-state index is 13.4. The fourth-order valence-electron chi connectivity index (χ4n) is 1.40. The lowest BCUT2D eigenvalue weighted by molar-refractivity contribution is 0.591. The van der Waals surface area contributed by atoms with E-state index in [-0.39, 0.29) is 11.4 Å². The van der Waals surface area contributed by atoms with Gasteiger partial charge in [0, 0.05) is 0 Å². The highest BCUT2D eigenvalue weighted by Crippen LogP contribution is 2.31. The molecule has 0 bridgehead atoms. The molecule has 3 N–H and O–H groups in total. The first-order valence-electron chi connectivity index (χ1n) is 4.84. The topological polar surface area (TPSA) is 38.0 Å². The molecule has 2 aromatic rings. The Bertz CT molecular complexity index is 538. The van der Waals surface area contributed by atoms with Gasteiger partial charge in [-0.05, 0) is 24.3 Å². The largest absolute Gasteiger partial charge is 0.396 e. The summed E-state index contributed by atoms with van der Waals surface area (Å²) in [6, 6.07) is 8.43. The Balaban J connectivity index is 2.42. The maximum atomic E-state index is 13.4. The van der Waals surface area contributed by atoms with Gasteiger partial charge in [-0.25, -0.2) is 8.78 Å². The number of hydrogen-bond acceptors (Lipinski definition) is 2. The minimum absolute atomic E-state index is 0.247. The normalized spacial score (nSPS) is 10.3. The molecule has 0 aliphatic rings. The van der Waals surface area contributed by atoms with Crippen molar-refractivity contribution in [3.05, 3.63) is 53.1 Å². The third-order valence-electron chi connectivity index (χ3n) is 2.28. The number of nitrogen functional groups attached to an aromatic ring is 1. The molecule has 0 fully saturated rings. The number of benzene rings is 2.